The SMILES string of the molecule is COc1ccccc1-c1cc(C(C)C)c(O)cc1C. The molecule has 0 bridgehead atoms. The van der Waals surface area contributed by atoms with Gasteiger partial charge in [0.05, 0.1) is 7.11 Å². The first-order chi connectivity index (χ1) is 9.04. The third-order valence-electron chi connectivity index (χ3n) is 3.39. The fraction of sp³-hybridized carbons (Fsp3) is 0.294. The molecule has 0 aromatic heterocycles. The zero-order chi connectivity index (χ0) is 14.0. The number of ether oxygens (including phenoxy) is 1. The van der Waals surface area contributed by atoms with E-state index in [4.69, 9.17) is 4.74 Å². The Labute approximate surface area is 114 Å². The molecule has 0 aliphatic carbocycles. The Bertz CT molecular complexity index is 586. The van der Waals surface area contributed by atoms with Crippen LogP contribution in [0.4, 0.5) is 0 Å². The molecule has 0 atom stereocenters. The summed E-state index contributed by atoms with van der Waals surface area (Å²) in [5, 5.41) is 10.0. The van der Waals surface area contributed by atoms with Crippen LogP contribution in [0.1, 0.15) is 30.9 Å². The quantitative estimate of drug-likeness (QED) is 0.876. The topological polar surface area (TPSA) is 29.5 Å². The van der Waals surface area contributed by atoms with Gasteiger partial charge in [-0.05, 0) is 47.7 Å². The standard InChI is InChI=1S/C17H20O2/c1-11(2)14-10-15(12(3)9-16(14)18)13-7-5-6-8-17(13)19-4/h5-11,18H,1-4H3. The van der Waals surface area contributed by atoms with Crippen molar-refractivity contribution >= 4 is 0 Å². The van der Waals surface area contributed by atoms with Crippen LogP contribution >= 0.6 is 0 Å². The van der Waals surface area contributed by atoms with Gasteiger partial charge in [0.15, 0.2) is 0 Å². The Hall–Kier alpha value is -1.96. The summed E-state index contributed by atoms with van der Waals surface area (Å²) in [6.07, 6.45) is 0. The molecule has 2 heteroatoms. The smallest absolute Gasteiger partial charge is 0.126 e. The van der Waals surface area contributed by atoms with Crippen molar-refractivity contribution in [1.29, 1.82) is 0 Å². The second kappa shape index (κ2) is 5.35. The van der Waals surface area contributed by atoms with Crippen molar-refractivity contribution < 1.29 is 9.84 Å². The van der Waals surface area contributed by atoms with Crippen LogP contribution in [0.2, 0.25) is 0 Å². The van der Waals surface area contributed by atoms with Crippen molar-refractivity contribution in [3.8, 4) is 22.6 Å². The molecule has 2 rings (SSSR count). The molecule has 0 radical (unpaired) electrons. The molecule has 0 aliphatic rings. The zero-order valence-electron chi connectivity index (χ0n) is 11.9. The van der Waals surface area contributed by atoms with Crippen LogP contribution in [0.15, 0.2) is 36.4 Å². The van der Waals surface area contributed by atoms with Gasteiger partial charge in [-0.2, -0.15) is 0 Å². The van der Waals surface area contributed by atoms with Gasteiger partial charge in [-0.1, -0.05) is 32.0 Å². The van der Waals surface area contributed by atoms with Crippen LogP contribution in [0.25, 0.3) is 11.1 Å². The highest BCUT2D eigenvalue weighted by Gasteiger charge is 2.13. The van der Waals surface area contributed by atoms with Gasteiger partial charge in [-0.15, -0.1) is 0 Å². The molecule has 0 aliphatic heterocycles. The Kier molecular flexibility index (Phi) is 3.79. The van der Waals surface area contributed by atoms with E-state index in [0.717, 1.165) is 28.0 Å². The number of methoxy groups -OCH3 is 1. The molecule has 0 fully saturated rings. The lowest BCUT2D eigenvalue weighted by Crippen LogP contribution is -1.94. The number of phenols is 1. The second-order valence-corrected chi connectivity index (χ2v) is 5.08. The lowest BCUT2D eigenvalue weighted by Gasteiger charge is -2.15. The van der Waals surface area contributed by atoms with Gasteiger partial charge < -0.3 is 9.84 Å². The molecular formula is C17H20O2. The average molecular weight is 256 g/mol. The van der Waals surface area contributed by atoms with E-state index in [9.17, 15) is 5.11 Å². The number of hydrogen-bond acceptors (Lipinski definition) is 2. The van der Waals surface area contributed by atoms with Crippen LogP contribution in [-0.4, -0.2) is 12.2 Å². The Morgan fingerprint density at radius 1 is 1.05 bits per heavy atom. The third-order valence-corrected chi connectivity index (χ3v) is 3.39. The summed E-state index contributed by atoms with van der Waals surface area (Å²) in [4.78, 5) is 0. The highest BCUT2D eigenvalue weighted by atomic mass is 16.5. The molecule has 2 nitrogen and oxygen atoms in total. The molecule has 2 aromatic rings. The van der Waals surface area contributed by atoms with E-state index in [1.807, 2.05) is 37.3 Å². The molecule has 1 N–H and O–H groups in total. The van der Waals surface area contributed by atoms with Crippen molar-refractivity contribution in [2.75, 3.05) is 7.11 Å². The van der Waals surface area contributed by atoms with Gasteiger partial charge in [0, 0.05) is 5.56 Å². The highest BCUT2D eigenvalue weighted by Crippen LogP contribution is 2.37. The largest absolute Gasteiger partial charge is 0.508 e. The number of phenolic OH excluding ortho intramolecular Hbond substituents is 1. The normalized spacial score (nSPS) is 10.8. The number of aryl methyl sites for hydroxylation is 1. The number of benzene rings is 2. The van der Waals surface area contributed by atoms with Crippen LogP contribution in [0.3, 0.4) is 0 Å². The third kappa shape index (κ3) is 2.58. The number of para-hydroxylation sites is 1. The van der Waals surface area contributed by atoms with Crippen molar-refractivity contribution in [3.63, 3.8) is 0 Å². The molecule has 19 heavy (non-hydrogen) atoms. The maximum absolute atomic E-state index is 10.0. The van der Waals surface area contributed by atoms with Gasteiger partial charge in [0.25, 0.3) is 0 Å². The highest BCUT2D eigenvalue weighted by molar-refractivity contribution is 5.75. The summed E-state index contributed by atoms with van der Waals surface area (Å²) in [6.45, 7) is 6.17. The minimum absolute atomic E-state index is 0.286. The minimum Gasteiger partial charge on any atom is -0.508 e. The minimum atomic E-state index is 0.286. The maximum atomic E-state index is 10.0. The van der Waals surface area contributed by atoms with Gasteiger partial charge in [-0.25, -0.2) is 0 Å². The first-order valence-corrected chi connectivity index (χ1v) is 6.51. The molecular weight excluding hydrogens is 236 g/mol. The number of rotatable bonds is 3. The molecule has 2 aromatic carbocycles. The summed E-state index contributed by atoms with van der Waals surface area (Å²) < 4.78 is 5.42. The van der Waals surface area contributed by atoms with Crippen LogP contribution < -0.4 is 4.74 Å². The van der Waals surface area contributed by atoms with Gasteiger partial charge >= 0.3 is 0 Å². The predicted octanol–water partition coefficient (Wildman–Crippen LogP) is 4.50. The summed E-state index contributed by atoms with van der Waals surface area (Å²) in [6, 6.07) is 11.9. The Morgan fingerprint density at radius 2 is 1.74 bits per heavy atom. The Morgan fingerprint density at radius 3 is 2.37 bits per heavy atom. The molecule has 0 spiro atoms. The van der Waals surface area contributed by atoms with Crippen molar-refractivity contribution in [1.82, 2.24) is 0 Å². The summed E-state index contributed by atoms with van der Waals surface area (Å²) in [7, 11) is 1.68. The van der Waals surface area contributed by atoms with E-state index in [1.54, 1.807) is 7.11 Å². The van der Waals surface area contributed by atoms with E-state index >= 15 is 0 Å². The fourth-order valence-corrected chi connectivity index (χ4v) is 2.33. The predicted molar refractivity (Wildman–Crippen MR) is 78.9 cm³/mol. The Balaban J connectivity index is 2.65. The van der Waals surface area contributed by atoms with Gasteiger partial charge in [-0.3, -0.25) is 0 Å². The van der Waals surface area contributed by atoms with Crippen molar-refractivity contribution in [2.24, 2.45) is 0 Å². The first-order valence-electron chi connectivity index (χ1n) is 6.51. The molecule has 0 saturated carbocycles. The molecule has 0 heterocycles. The fourth-order valence-electron chi connectivity index (χ4n) is 2.33. The van der Waals surface area contributed by atoms with E-state index in [0.29, 0.717) is 5.75 Å². The van der Waals surface area contributed by atoms with Crippen molar-refractivity contribution in [2.45, 2.75) is 26.7 Å². The summed E-state index contributed by atoms with van der Waals surface area (Å²) in [5.74, 6) is 1.51. The number of hydrogen-bond donors (Lipinski definition) is 1. The molecule has 0 unspecified atom stereocenters. The molecule has 0 amide bonds. The molecule has 100 valence electrons. The van der Waals surface area contributed by atoms with E-state index < -0.39 is 0 Å². The number of aromatic hydroxyl groups is 1. The lowest BCUT2D eigenvalue weighted by atomic mass is 9.92. The van der Waals surface area contributed by atoms with Gasteiger partial charge in [0.2, 0.25) is 0 Å². The average Bonchev–Trinajstić information content (AvgIpc) is 2.38. The molecule has 0 saturated heterocycles. The van der Waals surface area contributed by atoms with E-state index in [1.165, 1.54) is 0 Å². The zero-order valence-corrected chi connectivity index (χ0v) is 11.9. The second-order valence-electron chi connectivity index (χ2n) is 5.08. The summed E-state index contributed by atoms with van der Waals surface area (Å²) >= 11 is 0. The van der Waals surface area contributed by atoms with E-state index in [2.05, 4.69) is 19.9 Å². The van der Waals surface area contributed by atoms with Crippen molar-refractivity contribution in [3.05, 3.63) is 47.5 Å². The maximum Gasteiger partial charge on any atom is 0.126 e. The lowest BCUT2D eigenvalue weighted by molar-refractivity contribution is 0.416. The summed E-state index contributed by atoms with van der Waals surface area (Å²) in [5.41, 5.74) is 4.18. The van der Waals surface area contributed by atoms with Gasteiger partial charge in [0.1, 0.15) is 11.5 Å². The van der Waals surface area contributed by atoms with E-state index in [-0.39, 0.29) is 5.92 Å². The van der Waals surface area contributed by atoms with Crippen LogP contribution in [-0.2, 0) is 0 Å². The van der Waals surface area contributed by atoms with Crippen LogP contribution in [0, 0.1) is 6.92 Å². The monoisotopic (exact) mass is 256 g/mol. The first kappa shape index (κ1) is 13.5. The van der Waals surface area contributed by atoms with Crippen LogP contribution in [0.5, 0.6) is 11.5 Å².